The van der Waals surface area contributed by atoms with Crippen molar-refractivity contribution in [1.82, 2.24) is 19.7 Å². The third kappa shape index (κ3) is 1.93. The van der Waals surface area contributed by atoms with Crippen LogP contribution in [0.5, 0.6) is 0 Å². The summed E-state index contributed by atoms with van der Waals surface area (Å²) in [4.78, 5) is 16.2. The summed E-state index contributed by atoms with van der Waals surface area (Å²) in [6, 6.07) is 0.295. The Balaban J connectivity index is 2.00. The molecule has 2 rings (SSSR count). The monoisotopic (exact) mass is 210 g/mol. The molecule has 0 aliphatic carbocycles. The maximum absolute atomic E-state index is 10.7. The minimum Gasteiger partial charge on any atom is -0.465 e. The van der Waals surface area contributed by atoms with Crippen molar-refractivity contribution in [1.29, 1.82) is 0 Å². The van der Waals surface area contributed by atoms with Crippen LogP contribution in [0.3, 0.4) is 0 Å². The molecule has 0 spiro atoms. The van der Waals surface area contributed by atoms with Crippen LogP contribution in [0.25, 0.3) is 0 Å². The molecule has 1 aromatic rings. The van der Waals surface area contributed by atoms with Crippen molar-refractivity contribution < 1.29 is 9.90 Å². The zero-order valence-corrected chi connectivity index (χ0v) is 8.63. The van der Waals surface area contributed by atoms with Crippen LogP contribution in [0, 0.1) is 6.92 Å². The number of piperidine rings is 1. The summed E-state index contributed by atoms with van der Waals surface area (Å²) in [5.41, 5.74) is 0. The van der Waals surface area contributed by atoms with Gasteiger partial charge >= 0.3 is 6.09 Å². The highest BCUT2D eigenvalue weighted by molar-refractivity contribution is 5.64. The molecule has 6 heteroatoms. The van der Waals surface area contributed by atoms with Gasteiger partial charge in [-0.15, -0.1) is 0 Å². The van der Waals surface area contributed by atoms with E-state index in [1.165, 1.54) is 4.90 Å². The van der Waals surface area contributed by atoms with Gasteiger partial charge in [0.15, 0.2) is 0 Å². The lowest BCUT2D eigenvalue weighted by Crippen LogP contribution is -2.38. The van der Waals surface area contributed by atoms with E-state index in [-0.39, 0.29) is 0 Å². The standard InChI is InChI=1S/C9H14N4O2/c1-7-10-6-11-13(7)8-2-4-12(5-3-8)9(14)15/h6,8H,2-5H2,1H3,(H,14,15). The quantitative estimate of drug-likeness (QED) is 0.747. The van der Waals surface area contributed by atoms with Crippen molar-refractivity contribution in [3.63, 3.8) is 0 Å². The number of nitrogens with zero attached hydrogens (tertiary/aromatic N) is 4. The molecule has 0 atom stereocenters. The van der Waals surface area contributed by atoms with E-state index in [9.17, 15) is 4.79 Å². The number of hydrogen-bond donors (Lipinski definition) is 1. The lowest BCUT2D eigenvalue weighted by Gasteiger charge is -2.30. The van der Waals surface area contributed by atoms with Crippen molar-refractivity contribution in [3.05, 3.63) is 12.2 Å². The third-order valence-electron chi connectivity index (χ3n) is 2.83. The average molecular weight is 210 g/mol. The van der Waals surface area contributed by atoms with Crippen molar-refractivity contribution in [2.24, 2.45) is 0 Å². The number of aryl methyl sites for hydroxylation is 1. The van der Waals surface area contributed by atoms with Crippen LogP contribution in [0.1, 0.15) is 24.7 Å². The highest BCUT2D eigenvalue weighted by atomic mass is 16.4. The van der Waals surface area contributed by atoms with E-state index >= 15 is 0 Å². The van der Waals surface area contributed by atoms with E-state index in [1.807, 2.05) is 11.6 Å². The van der Waals surface area contributed by atoms with Gasteiger partial charge in [0.1, 0.15) is 12.2 Å². The van der Waals surface area contributed by atoms with Crippen molar-refractivity contribution in [2.75, 3.05) is 13.1 Å². The summed E-state index contributed by atoms with van der Waals surface area (Å²) in [5, 5.41) is 12.9. The molecule has 1 saturated heterocycles. The predicted molar refractivity (Wildman–Crippen MR) is 52.6 cm³/mol. The lowest BCUT2D eigenvalue weighted by atomic mass is 10.1. The molecule has 0 radical (unpaired) electrons. The van der Waals surface area contributed by atoms with Crippen LogP contribution in [0.2, 0.25) is 0 Å². The molecule has 15 heavy (non-hydrogen) atoms. The summed E-state index contributed by atoms with van der Waals surface area (Å²) in [6.45, 7) is 3.08. The third-order valence-corrected chi connectivity index (χ3v) is 2.83. The second-order valence-electron chi connectivity index (χ2n) is 3.75. The second kappa shape index (κ2) is 3.88. The molecule has 0 aromatic carbocycles. The molecule has 1 aliphatic rings. The summed E-state index contributed by atoms with van der Waals surface area (Å²) >= 11 is 0. The normalized spacial score (nSPS) is 18.1. The van der Waals surface area contributed by atoms with E-state index < -0.39 is 6.09 Å². The van der Waals surface area contributed by atoms with Crippen LogP contribution in [-0.4, -0.2) is 44.0 Å². The van der Waals surface area contributed by atoms with Crippen molar-refractivity contribution in [3.8, 4) is 0 Å². The zero-order valence-electron chi connectivity index (χ0n) is 8.63. The molecule has 0 bridgehead atoms. The largest absolute Gasteiger partial charge is 0.465 e. The fourth-order valence-electron chi connectivity index (χ4n) is 1.97. The zero-order chi connectivity index (χ0) is 10.8. The van der Waals surface area contributed by atoms with Crippen LogP contribution >= 0.6 is 0 Å². The average Bonchev–Trinajstić information content (AvgIpc) is 2.65. The Hall–Kier alpha value is -1.59. The highest BCUT2D eigenvalue weighted by Crippen LogP contribution is 2.22. The maximum atomic E-state index is 10.7. The van der Waals surface area contributed by atoms with Crippen LogP contribution in [0.4, 0.5) is 4.79 Å². The SMILES string of the molecule is Cc1ncnn1C1CCN(C(=O)O)CC1. The Labute approximate surface area is 87.5 Å². The van der Waals surface area contributed by atoms with Gasteiger partial charge in [0, 0.05) is 13.1 Å². The van der Waals surface area contributed by atoms with Crippen LogP contribution in [-0.2, 0) is 0 Å². The summed E-state index contributed by atoms with van der Waals surface area (Å²) < 4.78 is 1.89. The van der Waals surface area contributed by atoms with Gasteiger partial charge in [0.25, 0.3) is 0 Å². The van der Waals surface area contributed by atoms with Gasteiger partial charge in [-0.2, -0.15) is 5.10 Å². The molecule has 2 heterocycles. The minimum absolute atomic E-state index is 0.295. The number of likely N-dealkylation sites (tertiary alicyclic amines) is 1. The van der Waals surface area contributed by atoms with Crippen molar-refractivity contribution in [2.45, 2.75) is 25.8 Å². The molecule has 6 nitrogen and oxygen atoms in total. The van der Waals surface area contributed by atoms with Crippen LogP contribution in [0.15, 0.2) is 6.33 Å². The number of aromatic nitrogens is 3. The number of carboxylic acid groups (broad SMARTS) is 1. The molecule has 82 valence electrons. The molecule has 1 aromatic heterocycles. The van der Waals surface area contributed by atoms with E-state index in [4.69, 9.17) is 5.11 Å². The Morgan fingerprint density at radius 2 is 2.20 bits per heavy atom. The van der Waals surface area contributed by atoms with E-state index in [0.717, 1.165) is 18.7 Å². The first-order chi connectivity index (χ1) is 7.18. The molecule has 1 fully saturated rings. The molecule has 0 unspecified atom stereocenters. The van der Waals surface area contributed by atoms with Gasteiger partial charge < -0.3 is 10.0 Å². The second-order valence-corrected chi connectivity index (χ2v) is 3.75. The molecular formula is C9H14N4O2. The Morgan fingerprint density at radius 3 is 2.67 bits per heavy atom. The van der Waals surface area contributed by atoms with Gasteiger partial charge in [-0.1, -0.05) is 0 Å². The van der Waals surface area contributed by atoms with Gasteiger partial charge in [0.05, 0.1) is 6.04 Å². The first-order valence-electron chi connectivity index (χ1n) is 5.02. The lowest BCUT2D eigenvalue weighted by molar-refractivity contribution is 0.123. The molecule has 1 aliphatic heterocycles. The smallest absolute Gasteiger partial charge is 0.407 e. The highest BCUT2D eigenvalue weighted by Gasteiger charge is 2.24. The van der Waals surface area contributed by atoms with Crippen molar-refractivity contribution >= 4 is 6.09 Å². The van der Waals surface area contributed by atoms with Gasteiger partial charge in [-0.05, 0) is 19.8 Å². The molecular weight excluding hydrogens is 196 g/mol. The first-order valence-corrected chi connectivity index (χ1v) is 5.02. The number of hydrogen-bond acceptors (Lipinski definition) is 3. The Bertz CT molecular complexity index is 355. The predicted octanol–water partition coefficient (Wildman–Crippen LogP) is 0.901. The molecule has 1 N–H and O–H groups in total. The van der Waals surface area contributed by atoms with Crippen LogP contribution < -0.4 is 0 Å². The fraction of sp³-hybridized carbons (Fsp3) is 0.667. The van der Waals surface area contributed by atoms with E-state index in [2.05, 4.69) is 10.1 Å². The maximum Gasteiger partial charge on any atom is 0.407 e. The topological polar surface area (TPSA) is 71.2 Å². The summed E-state index contributed by atoms with van der Waals surface area (Å²) in [7, 11) is 0. The first kappa shape index (κ1) is 9.95. The number of amides is 1. The van der Waals surface area contributed by atoms with Gasteiger partial charge in [0.2, 0.25) is 0 Å². The molecule has 0 saturated carbocycles. The fourth-order valence-corrected chi connectivity index (χ4v) is 1.97. The number of rotatable bonds is 1. The minimum atomic E-state index is -0.830. The van der Waals surface area contributed by atoms with E-state index in [0.29, 0.717) is 19.1 Å². The van der Waals surface area contributed by atoms with E-state index in [1.54, 1.807) is 6.33 Å². The van der Waals surface area contributed by atoms with Gasteiger partial charge in [-0.3, -0.25) is 0 Å². The number of carbonyl (C=O) groups is 1. The van der Waals surface area contributed by atoms with Gasteiger partial charge in [-0.25, -0.2) is 14.5 Å². The summed E-state index contributed by atoms with van der Waals surface area (Å²) in [6.07, 6.45) is 2.34. The Morgan fingerprint density at radius 1 is 1.53 bits per heavy atom. The summed E-state index contributed by atoms with van der Waals surface area (Å²) in [5.74, 6) is 0.892. The molecule has 1 amide bonds. The Kier molecular flexibility index (Phi) is 2.57.